The van der Waals surface area contributed by atoms with E-state index in [0.29, 0.717) is 18.8 Å². The van der Waals surface area contributed by atoms with Crippen LogP contribution in [-0.4, -0.2) is 32.3 Å². The summed E-state index contributed by atoms with van der Waals surface area (Å²) in [5.74, 6) is 1.71. The second-order valence-electron chi connectivity index (χ2n) is 5.60. The molecule has 2 aromatic heterocycles. The molecule has 7 heteroatoms. The summed E-state index contributed by atoms with van der Waals surface area (Å²) in [7, 11) is 0. The maximum absolute atomic E-state index is 11.7. The van der Waals surface area contributed by atoms with Crippen LogP contribution in [0.25, 0.3) is 4.96 Å². The highest BCUT2D eigenvalue weighted by molar-refractivity contribution is 7.16. The zero-order valence-electron chi connectivity index (χ0n) is 12.4. The van der Waals surface area contributed by atoms with Crippen molar-refractivity contribution in [2.24, 2.45) is 5.92 Å². The number of amides is 1. The van der Waals surface area contributed by atoms with Crippen LogP contribution in [0.1, 0.15) is 50.9 Å². The third-order valence-electron chi connectivity index (χ3n) is 2.85. The number of carbonyl (C=O) groups is 1. The van der Waals surface area contributed by atoms with Gasteiger partial charge in [-0.1, -0.05) is 39.0 Å². The first-order valence-corrected chi connectivity index (χ1v) is 7.76. The van der Waals surface area contributed by atoms with Crippen molar-refractivity contribution in [1.29, 1.82) is 0 Å². The lowest BCUT2D eigenvalue weighted by Gasteiger charge is -2.06. The van der Waals surface area contributed by atoms with Gasteiger partial charge in [-0.2, -0.15) is 9.61 Å². The average molecular weight is 295 g/mol. The van der Waals surface area contributed by atoms with Gasteiger partial charge < -0.3 is 5.32 Å². The van der Waals surface area contributed by atoms with Gasteiger partial charge in [-0.15, -0.1) is 10.2 Å². The summed E-state index contributed by atoms with van der Waals surface area (Å²) in [5, 5.41) is 16.6. The third kappa shape index (κ3) is 3.53. The van der Waals surface area contributed by atoms with E-state index >= 15 is 0 Å². The normalized spacial score (nSPS) is 11.7. The highest BCUT2D eigenvalue weighted by Gasteiger charge is 2.14. The van der Waals surface area contributed by atoms with Crippen molar-refractivity contribution in [2.75, 3.05) is 6.54 Å². The SMILES string of the molecule is CC(C)CNC(=O)CCc1nn2c(C(C)C)nnc2s1. The molecule has 0 radical (unpaired) electrons. The fraction of sp³-hybridized carbons (Fsp3) is 0.692. The van der Waals surface area contributed by atoms with Crippen molar-refractivity contribution < 1.29 is 4.79 Å². The number of aromatic nitrogens is 4. The van der Waals surface area contributed by atoms with Crippen molar-refractivity contribution in [3.05, 3.63) is 10.8 Å². The number of hydrogen-bond donors (Lipinski definition) is 1. The summed E-state index contributed by atoms with van der Waals surface area (Å²) in [5.41, 5.74) is 0. The molecule has 0 fully saturated rings. The Morgan fingerprint density at radius 2 is 2.05 bits per heavy atom. The molecule has 2 rings (SSSR count). The summed E-state index contributed by atoms with van der Waals surface area (Å²) in [6.07, 6.45) is 1.11. The third-order valence-corrected chi connectivity index (χ3v) is 3.81. The summed E-state index contributed by atoms with van der Waals surface area (Å²) in [6, 6.07) is 0. The molecule has 0 atom stereocenters. The molecule has 110 valence electrons. The molecule has 0 aliphatic rings. The average Bonchev–Trinajstić information content (AvgIpc) is 2.92. The van der Waals surface area contributed by atoms with Crippen LogP contribution in [0.5, 0.6) is 0 Å². The lowest BCUT2D eigenvalue weighted by atomic mass is 10.2. The van der Waals surface area contributed by atoms with E-state index in [1.54, 1.807) is 4.52 Å². The molecular formula is C13H21N5OS. The zero-order chi connectivity index (χ0) is 14.7. The number of nitrogens with one attached hydrogen (secondary N) is 1. The van der Waals surface area contributed by atoms with E-state index in [-0.39, 0.29) is 11.8 Å². The summed E-state index contributed by atoms with van der Waals surface area (Å²) < 4.78 is 1.79. The van der Waals surface area contributed by atoms with Crippen LogP contribution in [0, 0.1) is 5.92 Å². The minimum Gasteiger partial charge on any atom is -0.356 e. The van der Waals surface area contributed by atoms with Gasteiger partial charge in [0.15, 0.2) is 5.82 Å². The minimum atomic E-state index is 0.0775. The van der Waals surface area contributed by atoms with Gasteiger partial charge in [0.25, 0.3) is 0 Å². The summed E-state index contributed by atoms with van der Waals surface area (Å²) >= 11 is 1.50. The van der Waals surface area contributed by atoms with Crippen LogP contribution in [0.15, 0.2) is 0 Å². The molecular weight excluding hydrogens is 274 g/mol. The van der Waals surface area contributed by atoms with E-state index in [2.05, 4.69) is 48.3 Å². The minimum absolute atomic E-state index is 0.0775. The second kappa shape index (κ2) is 6.30. The number of nitrogens with zero attached hydrogens (tertiary/aromatic N) is 4. The second-order valence-corrected chi connectivity index (χ2v) is 6.64. The largest absolute Gasteiger partial charge is 0.356 e. The van der Waals surface area contributed by atoms with E-state index < -0.39 is 0 Å². The zero-order valence-corrected chi connectivity index (χ0v) is 13.2. The Morgan fingerprint density at radius 1 is 1.30 bits per heavy atom. The molecule has 2 aromatic rings. The Balaban J connectivity index is 1.95. The van der Waals surface area contributed by atoms with Crippen molar-refractivity contribution in [1.82, 2.24) is 25.1 Å². The van der Waals surface area contributed by atoms with Gasteiger partial charge in [-0.25, -0.2) is 0 Å². The van der Waals surface area contributed by atoms with Crippen LogP contribution >= 0.6 is 11.3 Å². The van der Waals surface area contributed by atoms with Crippen LogP contribution in [0.4, 0.5) is 0 Å². The summed E-state index contributed by atoms with van der Waals surface area (Å²) in [6.45, 7) is 9.01. The predicted molar refractivity (Wildman–Crippen MR) is 78.9 cm³/mol. The molecule has 20 heavy (non-hydrogen) atoms. The Labute approximate surface area is 122 Å². The van der Waals surface area contributed by atoms with Crippen LogP contribution < -0.4 is 5.32 Å². The molecule has 0 unspecified atom stereocenters. The fourth-order valence-electron chi connectivity index (χ4n) is 1.76. The van der Waals surface area contributed by atoms with Gasteiger partial charge >= 0.3 is 0 Å². The van der Waals surface area contributed by atoms with Crippen LogP contribution in [-0.2, 0) is 11.2 Å². The van der Waals surface area contributed by atoms with Gasteiger partial charge in [-0.05, 0) is 5.92 Å². The van der Waals surface area contributed by atoms with E-state index in [1.807, 2.05) is 0 Å². The molecule has 0 aromatic carbocycles. The molecule has 0 saturated heterocycles. The van der Waals surface area contributed by atoms with Gasteiger partial charge in [0, 0.05) is 25.3 Å². The van der Waals surface area contributed by atoms with Crippen molar-refractivity contribution in [2.45, 2.75) is 46.5 Å². The van der Waals surface area contributed by atoms with Gasteiger partial charge in [0.05, 0.1) is 0 Å². The van der Waals surface area contributed by atoms with Crippen LogP contribution in [0.3, 0.4) is 0 Å². The van der Waals surface area contributed by atoms with Crippen molar-refractivity contribution >= 4 is 22.2 Å². The topological polar surface area (TPSA) is 72.2 Å². The molecule has 0 spiro atoms. The molecule has 1 N–H and O–H groups in total. The van der Waals surface area contributed by atoms with Gasteiger partial charge in [0.2, 0.25) is 10.9 Å². The summed E-state index contributed by atoms with van der Waals surface area (Å²) in [4.78, 5) is 12.5. The molecule has 0 bridgehead atoms. The number of carbonyl (C=O) groups excluding carboxylic acids is 1. The van der Waals surface area contributed by atoms with Crippen LogP contribution in [0.2, 0.25) is 0 Å². The molecule has 0 saturated carbocycles. The Morgan fingerprint density at radius 3 is 2.70 bits per heavy atom. The monoisotopic (exact) mass is 295 g/mol. The van der Waals surface area contributed by atoms with E-state index in [9.17, 15) is 4.79 Å². The van der Waals surface area contributed by atoms with E-state index in [0.717, 1.165) is 22.3 Å². The van der Waals surface area contributed by atoms with Crippen molar-refractivity contribution in [3.8, 4) is 0 Å². The number of fused-ring (bicyclic) bond motifs is 1. The standard InChI is InChI=1S/C13H21N5OS/c1-8(2)7-14-10(19)5-6-11-17-18-12(9(3)4)15-16-13(18)20-11/h8-9H,5-7H2,1-4H3,(H,14,19). The quantitative estimate of drug-likeness (QED) is 0.885. The first-order valence-electron chi connectivity index (χ1n) is 6.95. The first-order chi connectivity index (χ1) is 9.47. The molecule has 2 heterocycles. The Hall–Kier alpha value is -1.50. The molecule has 0 aliphatic carbocycles. The number of rotatable bonds is 6. The van der Waals surface area contributed by atoms with Crippen molar-refractivity contribution in [3.63, 3.8) is 0 Å². The lowest BCUT2D eigenvalue weighted by Crippen LogP contribution is -2.27. The van der Waals surface area contributed by atoms with Gasteiger partial charge in [-0.3, -0.25) is 4.79 Å². The Kier molecular flexibility index (Phi) is 4.69. The van der Waals surface area contributed by atoms with E-state index in [1.165, 1.54) is 11.3 Å². The first kappa shape index (κ1) is 14.9. The highest BCUT2D eigenvalue weighted by atomic mass is 32.1. The number of aryl methyl sites for hydroxylation is 1. The fourth-order valence-corrected chi connectivity index (χ4v) is 2.60. The smallest absolute Gasteiger partial charge is 0.234 e. The maximum Gasteiger partial charge on any atom is 0.234 e. The predicted octanol–water partition coefficient (Wildman–Crippen LogP) is 2.01. The molecule has 6 nitrogen and oxygen atoms in total. The number of hydrogen-bond acceptors (Lipinski definition) is 5. The van der Waals surface area contributed by atoms with Gasteiger partial charge in [0.1, 0.15) is 5.01 Å². The van der Waals surface area contributed by atoms with E-state index in [4.69, 9.17) is 0 Å². The lowest BCUT2D eigenvalue weighted by molar-refractivity contribution is -0.121. The highest BCUT2D eigenvalue weighted by Crippen LogP contribution is 2.19. The molecule has 1 amide bonds. The maximum atomic E-state index is 11.7. The Bertz CT molecular complexity index is 587. The molecule has 0 aliphatic heterocycles.